The second-order valence-electron chi connectivity index (χ2n) is 6.93. The summed E-state index contributed by atoms with van der Waals surface area (Å²) in [5, 5.41) is 0. The van der Waals surface area contributed by atoms with Gasteiger partial charge in [-0.3, -0.25) is 4.79 Å². The van der Waals surface area contributed by atoms with Crippen molar-refractivity contribution >= 4 is 17.7 Å². The van der Waals surface area contributed by atoms with Crippen LogP contribution in [0.5, 0.6) is 0 Å². The van der Waals surface area contributed by atoms with Gasteiger partial charge in [-0.25, -0.2) is 19.9 Å². The van der Waals surface area contributed by atoms with Crippen molar-refractivity contribution < 1.29 is 4.79 Å². The zero-order chi connectivity index (χ0) is 20.1. The van der Waals surface area contributed by atoms with Crippen molar-refractivity contribution in [3.8, 4) is 0 Å². The first kappa shape index (κ1) is 18.8. The molecule has 0 bridgehead atoms. The maximum absolute atomic E-state index is 12.8. The Morgan fingerprint density at radius 2 is 1.62 bits per heavy atom. The van der Waals surface area contributed by atoms with E-state index in [1.54, 1.807) is 30.4 Å². The minimum atomic E-state index is -0.117. The van der Waals surface area contributed by atoms with Gasteiger partial charge in [-0.2, -0.15) is 0 Å². The van der Waals surface area contributed by atoms with Crippen LogP contribution in [0.3, 0.4) is 0 Å². The normalized spacial score (nSPS) is 14.0. The Labute approximate surface area is 169 Å². The number of nitrogens with zero attached hydrogens (tertiary/aromatic N) is 7. The van der Waals surface area contributed by atoms with Crippen LogP contribution in [0.2, 0.25) is 0 Å². The summed E-state index contributed by atoms with van der Waals surface area (Å²) in [6, 6.07) is 13.5. The molecule has 8 nitrogen and oxygen atoms in total. The number of hydrogen-bond donors (Lipinski definition) is 0. The quantitative estimate of drug-likeness (QED) is 0.659. The van der Waals surface area contributed by atoms with Crippen LogP contribution in [-0.2, 0) is 6.54 Å². The highest BCUT2D eigenvalue weighted by atomic mass is 16.2. The molecule has 4 rings (SSSR count). The van der Waals surface area contributed by atoms with Gasteiger partial charge >= 0.3 is 0 Å². The second kappa shape index (κ2) is 8.64. The van der Waals surface area contributed by atoms with Crippen LogP contribution in [-0.4, -0.2) is 64.0 Å². The summed E-state index contributed by atoms with van der Waals surface area (Å²) in [6.07, 6.45) is 4.97. The third-order valence-electron chi connectivity index (χ3n) is 4.92. The third kappa shape index (κ3) is 4.48. The largest absolute Gasteiger partial charge is 0.353 e. The number of rotatable bonds is 5. The number of amides is 1. The van der Waals surface area contributed by atoms with E-state index in [0.29, 0.717) is 12.2 Å². The van der Waals surface area contributed by atoms with Crippen LogP contribution >= 0.6 is 0 Å². The van der Waals surface area contributed by atoms with Crippen molar-refractivity contribution in [2.45, 2.75) is 6.54 Å². The van der Waals surface area contributed by atoms with Crippen LogP contribution in [0.4, 0.5) is 11.8 Å². The molecular formula is C21H23N7O. The summed E-state index contributed by atoms with van der Waals surface area (Å²) in [6.45, 7) is 3.69. The van der Waals surface area contributed by atoms with E-state index in [1.165, 1.54) is 6.33 Å². The van der Waals surface area contributed by atoms with Crippen LogP contribution in [0, 0.1) is 0 Å². The zero-order valence-electron chi connectivity index (χ0n) is 16.3. The molecule has 1 aliphatic rings. The number of carbonyl (C=O) groups excluding carboxylic acids is 1. The van der Waals surface area contributed by atoms with Gasteiger partial charge in [0, 0.05) is 58.2 Å². The van der Waals surface area contributed by atoms with Crippen molar-refractivity contribution in [1.29, 1.82) is 0 Å². The molecule has 3 aromatic rings. The molecule has 0 N–H and O–H groups in total. The fraction of sp³-hybridized carbons (Fsp3) is 0.286. The van der Waals surface area contributed by atoms with Gasteiger partial charge < -0.3 is 14.7 Å². The van der Waals surface area contributed by atoms with Crippen molar-refractivity contribution in [2.24, 2.45) is 0 Å². The molecule has 8 heteroatoms. The summed E-state index contributed by atoms with van der Waals surface area (Å²) >= 11 is 0. The maximum Gasteiger partial charge on any atom is 0.272 e. The molecule has 1 fully saturated rings. The highest BCUT2D eigenvalue weighted by Crippen LogP contribution is 2.17. The van der Waals surface area contributed by atoms with E-state index < -0.39 is 0 Å². The maximum atomic E-state index is 12.8. The Bertz CT molecular complexity index is 944. The summed E-state index contributed by atoms with van der Waals surface area (Å²) in [5.74, 6) is 1.40. The molecule has 0 saturated carbocycles. The van der Waals surface area contributed by atoms with Gasteiger partial charge in [0.1, 0.15) is 17.8 Å². The van der Waals surface area contributed by atoms with Crippen LogP contribution in [0.15, 0.2) is 61.2 Å². The zero-order valence-corrected chi connectivity index (χ0v) is 16.3. The third-order valence-corrected chi connectivity index (χ3v) is 4.92. The Kier molecular flexibility index (Phi) is 5.60. The van der Waals surface area contributed by atoms with Gasteiger partial charge in [0.05, 0.1) is 0 Å². The van der Waals surface area contributed by atoms with Crippen molar-refractivity contribution in [3.05, 3.63) is 72.4 Å². The number of benzene rings is 1. The van der Waals surface area contributed by atoms with E-state index in [1.807, 2.05) is 36.4 Å². The minimum Gasteiger partial charge on any atom is -0.353 e. The van der Waals surface area contributed by atoms with Gasteiger partial charge in [0.25, 0.3) is 5.91 Å². The van der Waals surface area contributed by atoms with Crippen molar-refractivity contribution in [3.63, 3.8) is 0 Å². The number of carbonyl (C=O) groups is 1. The minimum absolute atomic E-state index is 0.117. The van der Waals surface area contributed by atoms with Crippen molar-refractivity contribution in [1.82, 2.24) is 24.8 Å². The van der Waals surface area contributed by atoms with Gasteiger partial charge in [-0.1, -0.05) is 30.3 Å². The Morgan fingerprint density at radius 3 is 2.34 bits per heavy atom. The first-order chi connectivity index (χ1) is 14.2. The smallest absolute Gasteiger partial charge is 0.272 e. The molecular weight excluding hydrogens is 366 g/mol. The van der Waals surface area contributed by atoms with E-state index in [9.17, 15) is 4.79 Å². The predicted molar refractivity (Wildman–Crippen MR) is 111 cm³/mol. The fourth-order valence-corrected chi connectivity index (χ4v) is 3.35. The van der Waals surface area contributed by atoms with E-state index in [4.69, 9.17) is 0 Å². The van der Waals surface area contributed by atoms with Crippen LogP contribution in [0.25, 0.3) is 0 Å². The topological polar surface area (TPSA) is 78.4 Å². The molecule has 0 atom stereocenters. The number of aromatic nitrogens is 4. The highest BCUT2D eigenvalue weighted by Gasteiger charge is 2.21. The molecule has 0 unspecified atom stereocenters. The average molecular weight is 389 g/mol. The van der Waals surface area contributed by atoms with Gasteiger partial charge in [0.15, 0.2) is 0 Å². The Hall–Kier alpha value is -3.55. The lowest BCUT2D eigenvalue weighted by Crippen LogP contribution is -2.47. The summed E-state index contributed by atoms with van der Waals surface area (Å²) in [4.78, 5) is 36.0. The number of piperazine rings is 1. The standard InChI is InChI=1S/C21H23N7O/c1-26(15-17-6-3-2-4-7-17)20(29)18-14-19(25-16-24-18)27-10-12-28(13-11-27)21-22-8-5-9-23-21/h2-9,14,16H,10-13,15H2,1H3. The summed E-state index contributed by atoms with van der Waals surface area (Å²) in [5.41, 5.74) is 1.49. The second-order valence-corrected chi connectivity index (χ2v) is 6.93. The first-order valence-electron chi connectivity index (χ1n) is 9.59. The van der Waals surface area contributed by atoms with Gasteiger partial charge in [0.2, 0.25) is 5.95 Å². The highest BCUT2D eigenvalue weighted by molar-refractivity contribution is 5.92. The molecule has 1 amide bonds. The molecule has 2 aromatic heterocycles. The molecule has 1 aromatic carbocycles. The molecule has 0 aliphatic carbocycles. The first-order valence-corrected chi connectivity index (χ1v) is 9.59. The fourth-order valence-electron chi connectivity index (χ4n) is 3.35. The predicted octanol–water partition coefficient (Wildman–Crippen LogP) is 1.87. The Balaban J connectivity index is 1.40. The van der Waals surface area contributed by atoms with Gasteiger partial charge in [-0.15, -0.1) is 0 Å². The average Bonchev–Trinajstić information content (AvgIpc) is 2.80. The van der Waals surface area contributed by atoms with Gasteiger partial charge in [-0.05, 0) is 11.6 Å². The van der Waals surface area contributed by atoms with Crippen LogP contribution < -0.4 is 9.80 Å². The SMILES string of the molecule is CN(Cc1ccccc1)C(=O)c1cc(N2CCN(c3ncccn3)CC2)ncn1. The molecule has 1 aliphatic heterocycles. The lowest BCUT2D eigenvalue weighted by Gasteiger charge is -2.35. The van der Waals surface area contributed by atoms with Crippen molar-refractivity contribution in [2.75, 3.05) is 43.0 Å². The van der Waals surface area contributed by atoms with Crippen LogP contribution in [0.1, 0.15) is 16.1 Å². The lowest BCUT2D eigenvalue weighted by atomic mass is 10.2. The monoisotopic (exact) mass is 389 g/mol. The molecule has 0 spiro atoms. The summed E-state index contributed by atoms with van der Waals surface area (Å²) < 4.78 is 0. The summed E-state index contributed by atoms with van der Waals surface area (Å²) in [7, 11) is 1.79. The number of hydrogen-bond acceptors (Lipinski definition) is 7. The number of anilines is 2. The molecule has 0 radical (unpaired) electrons. The van der Waals surface area contributed by atoms with E-state index in [0.717, 1.165) is 43.5 Å². The molecule has 1 saturated heterocycles. The lowest BCUT2D eigenvalue weighted by molar-refractivity contribution is 0.0779. The molecule has 148 valence electrons. The van der Waals surface area contributed by atoms with E-state index in [2.05, 4.69) is 29.7 Å². The van der Waals surface area contributed by atoms with E-state index in [-0.39, 0.29) is 5.91 Å². The molecule has 29 heavy (non-hydrogen) atoms. The molecule has 3 heterocycles. The van der Waals surface area contributed by atoms with E-state index >= 15 is 0 Å². The Morgan fingerprint density at radius 1 is 0.931 bits per heavy atom.